The largest absolute Gasteiger partial charge is 0.383 e. The highest BCUT2D eigenvalue weighted by Gasteiger charge is 2.22. The Morgan fingerprint density at radius 1 is 1.35 bits per heavy atom. The van der Waals surface area contributed by atoms with Crippen molar-refractivity contribution in [3.05, 3.63) is 23.4 Å². The molecule has 0 radical (unpaired) electrons. The Hall–Kier alpha value is -1.91. The van der Waals surface area contributed by atoms with Crippen molar-refractivity contribution in [2.24, 2.45) is 0 Å². The van der Waals surface area contributed by atoms with Gasteiger partial charge in [0.2, 0.25) is 0 Å². The highest BCUT2D eigenvalue weighted by Crippen LogP contribution is 2.32. The highest BCUT2D eigenvalue weighted by atomic mass is 35.5. The van der Waals surface area contributed by atoms with Gasteiger partial charge in [-0.25, -0.2) is 8.42 Å². The Balaban J connectivity index is 2.12. The first kappa shape index (κ1) is 13.1. The number of hydrogen-bond acceptors (Lipinski definition) is 7. The topological polar surface area (TPSA) is 127 Å². The molecule has 4 N–H and O–H groups in total. The van der Waals surface area contributed by atoms with E-state index in [1.165, 1.54) is 0 Å². The van der Waals surface area contributed by atoms with Gasteiger partial charge in [0.15, 0.2) is 0 Å². The predicted octanol–water partition coefficient (Wildman–Crippen LogP) is 1.45. The van der Waals surface area contributed by atoms with Crippen molar-refractivity contribution in [3.63, 3.8) is 0 Å². The molecule has 0 spiro atoms. The number of fused-ring (bicyclic) bond motifs is 1. The lowest BCUT2D eigenvalue weighted by molar-refractivity contribution is 0.601. The maximum atomic E-state index is 12.2. The maximum Gasteiger partial charge on any atom is 0.267 e. The fraction of sp³-hybridized carbons (Fsp3) is 0. The van der Waals surface area contributed by atoms with Crippen molar-refractivity contribution < 1.29 is 8.42 Å². The first-order chi connectivity index (χ1) is 9.49. The van der Waals surface area contributed by atoms with Gasteiger partial charge >= 0.3 is 0 Å². The van der Waals surface area contributed by atoms with Crippen molar-refractivity contribution in [1.82, 2.24) is 18.9 Å². The summed E-state index contributed by atoms with van der Waals surface area (Å²) in [6.45, 7) is 0. The summed E-state index contributed by atoms with van der Waals surface area (Å²) in [5, 5.41) is 6.15. The normalized spacial score (nSPS) is 11.8. The number of aromatic amines is 1. The summed E-state index contributed by atoms with van der Waals surface area (Å²) in [5.41, 5.74) is 6.62. The third-order valence-corrected chi connectivity index (χ3v) is 4.77. The van der Waals surface area contributed by atoms with E-state index in [1.807, 2.05) is 0 Å². The summed E-state index contributed by atoms with van der Waals surface area (Å²) in [6, 6.07) is 3.20. The highest BCUT2D eigenvalue weighted by molar-refractivity contribution is 7.93. The molecule has 3 aromatic rings. The molecule has 0 fully saturated rings. The fourth-order valence-electron chi connectivity index (χ4n) is 1.61. The number of benzene rings is 1. The van der Waals surface area contributed by atoms with Crippen LogP contribution in [0.2, 0.25) is 5.02 Å². The van der Waals surface area contributed by atoms with Crippen LogP contribution < -0.4 is 10.5 Å². The number of rotatable bonds is 3. The summed E-state index contributed by atoms with van der Waals surface area (Å²) in [5.74, 6) is -0.0581. The standard InChI is InChI=1S/C9H7ClN6O2S2/c10-4-1-2-5-8(15-19-14-5)7(4)16-20(17,18)6-3-12-13-9(6)11/h1-3,16H,(H3,11,12,13). The number of nitrogen functional groups attached to an aromatic ring is 1. The van der Waals surface area contributed by atoms with Gasteiger partial charge in [-0.3, -0.25) is 9.82 Å². The van der Waals surface area contributed by atoms with Gasteiger partial charge in [-0.15, -0.1) is 0 Å². The number of halogens is 1. The summed E-state index contributed by atoms with van der Waals surface area (Å²) in [4.78, 5) is -0.159. The van der Waals surface area contributed by atoms with Crippen LogP contribution in [0.1, 0.15) is 0 Å². The van der Waals surface area contributed by atoms with E-state index in [0.717, 1.165) is 17.9 Å². The quantitative estimate of drug-likeness (QED) is 0.667. The second kappa shape index (κ2) is 4.58. The summed E-state index contributed by atoms with van der Waals surface area (Å²) >= 11 is 6.99. The lowest BCUT2D eigenvalue weighted by Crippen LogP contribution is -2.14. The van der Waals surface area contributed by atoms with Crippen LogP contribution in [0.25, 0.3) is 11.0 Å². The number of anilines is 2. The molecular weight excluding hydrogens is 324 g/mol. The number of aromatic nitrogens is 4. The lowest BCUT2D eigenvalue weighted by atomic mass is 10.3. The van der Waals surface area contributed by atoms with Crippen LogP contribution in [0.15, 0.2) is 23.2 Å². The first-order valence-corrected chi connectivity index (χ1v) is 7.80. The minimum atomic E-state index is -3.91. The number of hydrogen-bond donors (Lipinski definition) is 3. The Labute approximate surface area is 122 Å². The molecule has 0 saturated heterocycles. The van der Waals surface area contributed by atoms with E-state index in [9.17, 15) is 8.42 Å². The zero-order valence-corrected chi connectivity index (χ0v) is 12.1. The predicted molar refractivity (Wildman–Crippen MR) is 76.2 cm³/mol. The van der Waals surface area contributed by atoms with Crippen LogP contribution in [0.3, 0.4) is 0 Å². The van der Waals surface area contributed by atoms with Crippen molar-refractivity contribution in [2.75, 3.05) is 10.5 Å². The number of sulfonamides is 1. The van der Waals surface area contributed by atoms with Crippen molar-refractivity contribution in [1.29, 1.82) is 0 Å². The smallest absolute Gasteiger partial charge is 0.267 e. The summed E-state index contributed by atoms with van der Waals surface area (Å²) < 4.78 is 34.9. The van der Waals surface area contributed by atoms with Crippen molar-refractivity contribution in [3.8, 4) is 0 Å². The van der Waals surface area contributed by atoms with Gasteiger partial charge in [-0.1, -0.05) is 11.6 Å². The van der Waals surface area contributed by atoms with Gasteiger partial charge in [-0.05, 0) is 12.1 Å². The Morgan fingerprint density at radius 2 is 2.15 bits per heavy atom. The summed E-state index contributed by atoms with van der Waals surface area (Å²) in [7, 11) is -3.91. The van der Waals surface area contributed by atoms with Crippen LogP contribution in [-0.2, 0) is 10.0 Å². The van der Waals surface area contributed by atoms with Crippen LogP contribution in [0.4, 0.5) is 11.5 Å². The molecule has 0 amide bonds. The van der Waals surface area contributed by atoms with Gasteiger partial charge in [0.1, 0.15) is 21.7 Å². The van der Waals surface area contributed by atoms with E-state index >= 15 is 0 Å². The van der Waals surface area contributed by atoms with Gasteiger partial charge < -0.3 is 5.73 Å². The van der Waals surface area contributed by atoms with E-state index in [-0.39, 0.29) is 21.4 Å². The zero-order valence-electron chi connectivity index (χ0n) is 9.66. The average Bonchev–Trinajstić information content (AvgIpc) is 3.01. The second-order valence-corrected chi connectivity index (χ2v) is 6.39. The molecule has 11 heteroatoms. The maximum absolute atomic E-state index is 12.2. The molecule has 0 saturated carbocycles. The average molecular weight is 331 g/mol. The Kier molecular flexibility index (Phi) is 3.00. The molecule has 3 rings (SSSR count). The fourth-order valence-corrected chi connectivity index (χ4v) is 3.52. The SMILES string of the molecule is Nc1[nH]ncc1S(=O)(=O)Nc1c(Cl)ccc2nsnc12. The number of H-pyrrole nitrogens is 1. The molecule has 104 valence electrons. The van der Waals surface area contributed by atoms with E-state index in [2.05, 4.69) is 23.7 Å². The molecule has 0 bridgehead atoms. The molecule has 20 heavy (non-hydrogen) atoms. The van der Waals surface area contributed by atoms with E-state index in [1.54, 1.807) is 12.1 Å². The third-order valence-electron chi connectivity index (χ3n) is 2.54. The molecule has 2 heterocycles. The molecule has 0 aliphatic carbocycles. The minimum absolute atomic E-state index is 0.0581. The second-order valence-electron chi connectivity index (χ2n) is 3.81. The van der Waals surface area contributed by atoms with Crippen LogP contribution in [-0.4, -0.2) is 27.4 Å². The number of nitrogens with zero attached hydrogens (tertiary/aromatic N) is 3. The molecule has 1 aromatic carbocycles. The lowest BCUT2D eigenvalue weighted by Gasteiger charge is -2.08. The molecular formula is C9H7ClN6O2S2. The molecule has 2 aromatic heterocycles. The Morgan fingerprint density at radius 3 is 2.85 bits per heavy atom. The van der Waals surface area contributed by atoms with E-state index in [4.69, 9.17) is 17.3 Å². The molecule has 0 aliphatic rings. The zero-order chi connectivity index (χ0) is 14.3. The first-order valence-electron chi connectivity index (χ1n) is 5.21. The molecule has 0 atom stereocenters. The van der Waals surface area contributed by atoms with Crippen molar-refractivity contribution >= 4 is 55.9 Å². The molecule has 8 nitrogen and oxygen atoms in total. The van der Waals surface area contributed by atoms with Gasteiger partial charge in [0.25, 0.3) is 10.0 Å². The van der Waals surface area contributed by atoms with Gasteiger partial charge in [0.05, 0.1) is 28.6 Å². The molecule has 0 aliphatic heterocycles. The minimum Gasteiger partial charge on any atom is -0.383 e. The van der Waals surface area contributed by atoms with Gasteiger partial charge in [0, 0.05) is 0 Å². The van der Waals surface area contributed by atoms with Crippen LogP contribution in [0.5, 0.6) is 0 Å². The van der Waals surface area contributed by atoms with Crippen molar-refractivity contribution in [2.45, 2.75) is 4.90 Å². The summed E-state index contributed by atoms with van der Waals surface area (Å²) in [6.07, 6.45) is 1.12. The molecule has 0 unspecified atom stereocenters. The third kappa shape index (κ3) is 2.07. The van der Waals surface area contributed by atoms with Crippen LogP contribution >= 0.6 is 23.3 Å². The number of nitrogens with two attached hydrogens (primary N) is 1. The Bertz CT molecular complexity index is 887. The van der Waals surface area contributed by atoms with Gasteiger partial charge in [-0.2, -0.15) is 13.8 Å². The monoisotopic (exact) mass is 330 g/mol. The van der Waals surface area contributed by atoms with Crippen LogP contribution in [0, 0.1) is 0 Å². The number of nitrogens with one attached hydrogen (secondary N) is 2. The van der Waals surface area contributed by atoms with E-state index < -0.39 is 10.0 Å². The van der Waals surface area contributed by atoms with E-state index in [0.29, 0.717) is 11.0 Å².